The highest BCUT2D eigenvalue weighted by atomic mass is 16.2. The standard InChI is InChI=1S/C26H45N7O/c1-18(2)11-12-21(15-20-16-28-23-10-8-7-9-22(20)23)30-24(34)19(3)29-25(31-27)33-14-13-32(6)26(4,5)17-33/h11-12,16,19,22-23,28H,7-10,13-15,17,27H2,1-6H3,(H,29,31)(H,30,34)/b21-12+. The average Bonchev–Trinajstić information content (AvgIpc) is 3.20. The average molecular weight is 472 g/mol. The number of hydrogen-bond acceptors (Lipinski definition) is 5. The Balaban J connectivity index is 1.64. The quantitative estimate of drug-likeness (QED) is 0.156. The molecule has 1 amide bonds. The molecule has 8 nitrogen and oxygen atoms in total. The summed E-state index contributed by atoms with van der Waals surface area (Å²) in [6.45, 7) is 12.9. The first kappa shape index (κ1) is 26.1. The van der Waals surface area contributed by atoms with E-state index in [0.29, 0.717) is 17.9 Å². The van der Waals surface area contributed by atoms with Gasteiger partial charge in [-0.2, -0.15) is 0 Å². The molecule has 0 aromatic heterocycles. The monoisotopic (exact) mass is 471 g/mol. The Labute approximate surface area is 205 Å². The number of likely N-dealkylation sites (N-methyl/N-ethyl adjacent to an activating group) is 1. The van der Waals surface area contributed by atoms with Crippen LogP contribution in [0.5, 0.6) is 0 Å². The first-order chi connectivity index (χ1) is 16.1. The van der Waals surface area contributed by atoms with E-state index in [2.05, 4.69) is 77.9 Å². The summed E-state index contributed by atoms with van der Waals surface area (Å²) in [6.07, 6.45) is 12.1. The number of nitrogens with one attached hydrogen (secondary N) is 3. The summed E-state index contributed by atoms with van der Waals surface area (Å²) in [5.74, 6) is 6.78. The van der Waals surface area contributed by atoms with Gasteiger partial charge in [0.15, 0.2) is 0 Å². The number of carbonyl (C=O) groups excluding carboxylic acids is 1. The lowest BCUT2D eigenvalue weighted by molar-refractivity contribution is -0.121. The third-order valence-electron chi connectivity index (χ3n) is 7.50. The molecule has 0 aromatic rings. The molecule has 0 bridgehead atoms. The van der Waals surface area contributed by atoms with E-state index < -0.39 is 6.04 Å². The van der Waals surface area contributed by atoms with Crippen LogP contribution in [0.2, 0.25) is 0 Å². The number of hydrogen-bond donors (Lipinski definition) is 4. The van der Waals surface area contributed by atoms with Crippen molar-refractivity contribution >= 4 is 11.9 Å². The molecule has 5 N–H and O–H groups in total. The normalized spacial score (nSPS) is 26.2. The van der Waals surface area contributed by atoms with Crippen LogP contribution in [-0.2, 0) is 4.79 Å². The summed E-state index contributed by atoms with van der Waals surface area (Å²) in [7, 11) is 2.13. The van der Waals surface area contributed by atoms with Crippen LogP contribution in [0.1, 0.15) is 66.7 Å². The van der Waals surface area contributed by atoms with Gasteiger partial charge in [-0.1, -0.05) is 24.5 Å². The predicted octanol–water partition coefficient (Wildman–Crippen LogP) is 2.62. The Kier molecular flexibility index (Phi) is 8.68. The van der Waals surface area contributed by atoms with Crippen LogP contribution in [0.4, 0.5) is 0 Å². The minimum absolute atomic E-state index is 0.00163. The molecule has 0 aromatic carbocycles. The molecule has 2 fully saturated rings. The Bertz CT molecular complexity index is 853. The molecule has 1 saturated heterocycles. The summed E-state index contributed by atoms with van der Waals surface area (Å²) in [5.41, 5.74) is 3.51. The molecule has 3 unspecified atom stereocenters. The molecule has 0 radical (unpaired) electrons. The van der Waals surface area contributed by atoms with Gasteiger partial charge in [0, 0.05) is 49.3 Å². The first-order valence-electron chi connectivity index (χ1n) is 12.7. The fraction of sp³-hybridized carbons (Fsp3) is 0.692. The van der Waals surface area contributed by atoms with Gasteiger partial charge in [-0.05, 0) is 72.4 Å². The second-order valence-corrected chi connectivity index (χ2v) is 11.0. The Morgan fingerprint density at radius 1 is 1.29 bits per heavy atom. The van der Waals surface area contributed by atoms with E-state index in [-0.39, 0.29) is 11.4 Å². The zero-order valence-corrected chi connectivity index (χ0v) is 21.9. The largest absolute Gasteiger partial charge is 0.388 e. The second-order valence-electron chi connectivity index (χ2n) is 11.0. The van der Waals surface area contributed by atoms with Gasteiger partial charge in [-0.15, -0.1) is 5.10 Å². The zero-order chi connectivity index (χ0) is 24.9. The van der Waals surface area contributed by atoms with Crippen molar-refractivity contribution < 1.29 is 4.79 Å². The van der Waals surface area contributed by atoms with Crippen molar-refractivity contribution in [2.45, 2.75) is 84.3 Å². The Morgan fingerprint density at radius 2 is 2.03 bits per heavy atom. The first-order valence-corrected chi connectivity index (χ1v) is 12.7. The van der Waals surface area contributed by atoms with E-state index in [1.54, 1.807) is 0 Å². The maximum atomic E-state index is 13.2. The van der Waals surface area contributed by atoms with Gasteiger partial charge in [0.25, 0.3) is 0 Å². The molecule has 190 valence electrons. The van der Waals surface area contributed by atoms with E-state index in [4.69, 9.17) is 5.84 Å². The smallest absolute Gasteiger partial charge is 0.246 e. The lowest BCUT2D eigenvalue weighted by Crippen LogP contribution is -2.62. The minimum atomic E-state index is -0.474. The van der Waals surface area contributed by atoms with Crippen molar-refractivity contribution in [2.24, 2.45) is 16.9 Å². The summed E-state index contributed by atoms with van der Waals surface area (Å²) in [6, 6.07) is 0.0826. The lowest BCUT2D eigenvalue weighted by atomic mass is 9.81. The van der Waals surface area contributed by atoms with Gasteiger partial charge in [0.1, 0.15) is 6.04 Å². The molecule has 34 heavy (non-hydrogen) atoms. The molecule has 8 heteroatoms. The van der Waals surface area contributed by atoms with E-state index in [0.717, 1.165) is 31.8 Å². The van der Waals surface area contributed by atoms with E-state index in [1.807, 2.05) is 13.0 Å². The minimum Gasteiger partial charge on any atom is -0.388 e. The third kappa shape index (κ3) is 6.56. The van der Waals surface area contributed by atoms with Crippen LogP contribution in [0.25, 0.3) is 0 Å². The van der Waals surface area contributed by atoms with Gasteiger partial charge >= 0.3 is 0 Å². The summed E-state index contributed by atoms with van der Waals surface area (Å²) in [4.78, 5) is 17.6. The summed E-state index contributed by atoms with van der Waals surface area (Å²) in [5, 5.41) is 14.0. The number of hydrazone groups is 1. The number of rotatable bonds is 6. The van der Waals surface area contributed by atoms with Crippen molar-refractivity contribution in [3.8, 4) is 0 Å². The Morgan fingerprint density at radius 3 is 2.71 bits per heavy atom. The van der Waals surface area contributed by atoms with Crippen LogP contribution < -0.4 is 21.8 Å². The molecular formula is C26H45N7O. The lowest BCUT2D eigenvalue weighted by Gasteiger charge is -2.46. The molecule has 1 aliphatic carbocycles. The van der Waals surface area contributed by atoms with Crippen LogP contribution in [0.3, 0.4) is 0 Å². The summed E-state index contributed by atoms with van der Waals surface area (Å²) < 4.78 is 0. The van der Waals surface area contributed by atoms with Crippen LogP contribution in [0.15, 0.2) is 40.3 Å². The number of nitrogens with two attached hydrogens (primary N) is 1. The molecule has 3 atom stereocenters. The molecular weight excluding hydrogens is 426 g/mol. The fourth-order valence-corrected chi connectivity index (χ4v) is 5.07. The van der Waals surface area contributed by atoms with Gasteiger partial charge in [0.05, 0.1) is 0 Å². The maximum Gasteiger partial charge on any atom is 0.246 e. The van der Waals surface area contributed by atoms with Crippen molar-refractivity contribution in [2.75, 3.05) is 26.7 Å². The van der Waals surface area contributed by atoms with E-state index >= 15 is 0 Å². The number of amides is 1. The van der Waals surface area contributed by atoms with Crippen LogP contribution >= 0.6 is 0 Å². The predicted molar refractivity (Wildman–Crippen MR) is 140 cm³/mol. The number of nitrogens with zero attached hydrogens (tertiary/aromatic N) is 3. The third-order valence-corrected chi connectivity index (χ3v) is 7.50. The molecule has 0 spiro atoms. The van der Waals surface area contributed by atoms with Gasteiger partial charge in [-0.25, -0.2) is 0 Å². The maximum absolute atomic E-state index is 13.2. The number of carbonyl (C=O) groups is 1. The topological polar surface area (TPSA) is 98.0 Å². The Hall–Kier alpha value is -2.48. The van der Waals surface area contributed by atoms with Gasteiger partial charge in [-0.3, -0.25) is 9.69 Å². The highest BCUT2D eigenvalue weighted by Gasteiger charge is 2.34. The number of guanidine groups is 1. The fourth-order valence-electron chi connectivity index (χ4n) is 5.07. The van der Waals surface area contributed by atoms with E-state index in [9.17, 15) is 4.79 Å². The SMILES string of the molecule is CC(C)=C/C=C(\CC1=CNC2CCCCC12)NC(=O)C(C)N/C(=N\N)N1CCN(C)C(C)(C)C1. The van der Waals surface area contributed by atoms with Gasteiger partial charge < -0.3 is 26.7 Å². The number of piperazine rings is 1. The molecule has 3 aliphatic rings. The second kappa shape index (κ2) is 11.3. The highest BCUT2D eigenvalue weighted by molar-refractivity contribution is 5.89. The number of allylic oxidation sites excluding steroid dienone is 4. The van der Waals surface area contributed by atoms with Crippen molar-refractivity contribution in [3.05, 3.63) is 35.2 Å². The molecule has 3 rings (SSSR count). The highest BCUT2D eigenvalue weighted by Crippen LogP contribution is 2.36. The zero-order valence-electron chi connectivity index (χ0n) is 21.9. The molecule has 1 saturated carbocycles. The van der Waals surface area contributed by atoms with Crippen molar-refractivity contribution in [3.63, 3.8) is 0 Å². The van der Waals surface area contributed by atoms with E-state index in [1.165, 1.54) is 36.8 Å². The molecule has 2 aliphatic heterocycles. The number of fused-ring (bicyclic) bond motifs is 1. The van der Waals surface area contributed by atoms with Crippen molar-refractivity contribution in [1.29, 1.82) is 0 Å². The molecule has 2 heterocycles. The van der Waals surface area contributed by atoms with Crippen molar-refractivity contribution in [1.82, 2.24) is 25.8 Å². The van der Waals surface area contributed by atoms with Crippen LogP contribution in [0, 0.1) is 5.92 Å². The summed E-state index contributed by atoms with van der Waals surface area (Å²) >= 11 is 0. The van der Waals surface area contributed by atoms with Gasteiger partial charge in [0.2, 0.25) is 11.9 Å². The van der Waals surface area contributed by atoms with Crippen LogP contribution in [-0.4, -0.2) is 66.0 Å².